The van der Waals surface area contributed by atoms with Crippen molar-refractivity contribution in [3.05, 3.63) is 94.5 Å². The summed E-state index contributed by atoms with van der Waals surface area (Å²) in [6.45, 7) is 4.06. The van der Waals surface area contributed by atoms with Crippen LogP contribution in [0.5, 0.6) is 0 Å². The number of amides is 1. The van der Waals surface area contributed by atoms with Crippen LogP contribution in [0.15, 0.2) is 83.1 Å². The number of benzene rings is 3. The molecule has 33 heavy (non-hydrogen) atoms. The van der Waals surface area contributed by atoms with Crippen LogP contribution in [-0.4, -0.2) is 32.6 Å². The first-order chi connectivity index (χ1) is 16.0. The van der Waals surface area contributed by atoms with E-state index in [1.165, 1.54) is 17.3 Å². The first kappa shape index (κ1) is 22.8. The molecule has 1 amide bonds. The normalized spacial score (nSPS) is 11.1. The highest BCUT2D eigenvalue weighted by atomic mass is 35.5. The van der Waals surface area contributed by atoms with Gasteiger partial charge in [0.25, 0.3) is 5.91 Å². The Hall–Kier alpha value is -3.42. The topological polar surface area (TPSA) is 72.2 Å². The van der Waals surface area contributed by atoms with Crippen molar-refractivity contribution in [2.45, 2.75) is 19.0 Å². The number of aromatic nitrogens is 3. The first-order valence-corrected chi connectivity index (χ1v) is 11.7. The van der Waals surface area contributed by atoms with E-state index in [0.29, 0.717) is 16.0 Å². The molecule has 0 spiro atoms. The van der Waals surface area contributed by atoms with Crippen molar-refractivity contribution in [1.29, 1.82) is 0 Å². The van der Waals surface area contributed by atoms with Crippen molar-refractivity contribution in [2.75, 3.05) is 5.75 Å². The van der Waals surface area contributed by atoms with Gasteiger partial charge in [0.1, 0.15) is 0 Å². The highest BCUT2D eigenvalue weighted by molar-refractivity contribution is 7.99. The number of rotatable bonds is 7. The zero-order valence-electron chi connectivity index (χ0n) is 18.2. The molecule has 0 bridgehead atoms. The van der Waals surface area contributed by atoms with Crippen molar-refractivity contribution < 1.29 is 4.79 Å². The third-order valence-electron chi connectivity index (χ3n) is 4.84. The zero-order chi connectivity index (χ0) is 23.2. The average Bonchev–Trinajstić information content (AvgIpc) is 3.24. The Bertz CT molecular complexity index is 1270. The summed E-state index contributed by atoms with van der Waals surface area (Å²) in [5, 5.41) is 14.0. The van der Waals surface area contributed by atoms with Gasteiger partial charge in [0, 0.05) is 16.3 Å². The molecule has 166 valence electrons. The number of hydrazone groups is 1. The number of nitrogens with zero attached hydrogens (tertiary/aromatic N) is 4. The van der Waals surface area contributed by atoms with E-state index in [1.54, 1.807) is 6.21 Å². The molecule has 3 aromatic carbocycles. The number of hydrogen-bond acceptors (Lipinski definition) is 5. The number of aryl methyl sites for hydroxylation is 2. The summed E-state index contributed by atoms with van der Waals surface area (Å²) < 4.78 is 1.94. The fraction of sp³-hybridized carbons (Fsp3) is 0.120. The maximum Gasteiger partial charge on any atom is 0.250 e. The number of thioether (sulfide) groups is 1. The molecule has 0 aliphatic heterocycles. The van der Waals surface area contributed by atoms with Crippen LogP contribution in [0.2, 0.25) is 5.02 Å². The van der Waals surface area contributed by atoms with Crippen LogP contribution in [0.25, 0.3) is 17.1 Å². The average molecular weight is 476 g/mol. The van der Waals surface area contributed by atoms with Crippen LogP contribution < -0.4 is 5.43 Å². The lowest BCUT2D eigenvalue weighted by molar-refractivity contribution is -0.118. The Morgan fingerprint density at radius 3 is 2.27 bits per heavy atom. The van der Waals surface area contributed by atoms with Gasteiger partial charge in [0.15, 0.2) is 11.0 Å². The number of nitrogens with one attached hydrogen (secondary N) is 1. The van der Waals surface area contributed by atoms with E-state index < -0.39 is 0 Å². The van der Waals surface area contributed by atoms with Gasteiger partial charge >= 0.3 is 0 Å². The maximum absolute atomic E-state index is 12.3. The second-order valence-corrected chi connectivity index (χ2v) is 8.86. The summed E-state index contributed by atoms with van der Waals surface area (Å²) in [5.74, 6) is 0.598. The second-order valence-electron chi connectivity index (χ2n) is 7.48. The predicted octanol–water partition coefficient (Wildman–Crippen LogP) is 5.45. The van der Waals surface area contributed by atoms with Crippen LogP contribution in [0.3, 0.4) is 0 Å². The van der Waals surface area contributed by atoms with E-state index in [2.05, 4.69) is 20.7 Å². The van der Waals surface area contributed by atoms with Crippen LogP contribution in [0.1, 0.15) is 16.7 Å². The lowest BCUT2D eigenvalue weighted by atomic mass is 10.2. The smallest absolute Gasteiger partial charge is 0.250 e. The van der Waals surface area contributed by atoms with Crippen molar-refractivity contribution in [3.8, 4) is 17.1 Å². The highest BCUT2D eigenvalue weighted by Crippen LogP contribution is 2.28. The molecule has 8 heteroatoms. The molecule has 0 unspecified atom stereocenters. The molecule has 4 rings (SSSR count). The van der Waals surface area contributed by atoms with Crippen LogP contribution in [0, 0.1) is 13.8 Å². The number of carbonyl (C=O) groups is 1. The molecule has 1 heterocycles. The molecular formula is C25H22ClN5OS. The SMILES string of the molecule is Cc1ccc(C=NNC(=O)CSc2nnc(-c3ccc(Cl)cc3)n2-c2ccc(C)cc2)cc1. The van der Waals surface area contributed by atoms with Gasteiger partial charge in [-0.25, -0.2) is 5.43 Å². The summed E-state index contributed by atoms with van der Waals surface area (Å²) >= 11 is 7.35. The lowest BCUT2D eigenvalue weighted by Crippen LogP contribution is -2.20. The van der Waals surface area contributed by atoms with Gasteiger partial charge in [-0.1, -0.05) is 70.9 Å². The second kappa shape index (κ2) is 10.5. The van der Waals surface area contributed by atoms with Crippen LogP contribution in [-0.2, 0) is 4.79 Å². The highest BCUT2D eigenvalue weighted by Gasteiger charge is 2.17. The third kappa shape index (κ3) is 5.88. The van der Waals surface area contributed by atoms with Gasteiger partial charge in [-0.05, 0) is 55.8 Å². The minimum Gasteiger partial charge on any atom is -0.272 e. The molecule has 6 nitrogen and oxygen atoms in total. The van der Waals surface area contributed by atoms with Gasteiger partial charge in [-0.3, -0.25) is 9.36 Å². The van der Waals surface area contributed by atoms with E-state index in [-0.39, 0.29) is 11.7 Å². The lowest BCUT2D eigenvalue weighted by Gasteiger charge is -2.10. The summed E-state index contributed by atoms with van der Waals surface area (Å²) in [6.07, 6.45) is 1.62. The van der Waals surface area contributed by atoms with Gasteiger partial charge in [0.2, 0.25) is 0 Å². The van der Waals surface area contributed by atoms with Gasteiger partial charge in [-0.15, -0.1) is 10.2 Å². The predicted molar refractivity (Wildman–Crippen MR) is 134 cm³/mol. The molecule has 4 aromatic rings. The zero-order valence-corrected chi connectivity index (χ0v) is 19.8. The fourth-order valence-corrected chi connectivity index (χ4v) is 3.94. The summed E-state index contributed by atoms with van der Waals surface area (Å²) in [5.41, 5.74) is 7.60. The molecule has 1 N–H and O–H groups in total. The van der Waals surface area contributed by atoms with Crippen molar-refractivity contribution in [3.63, 3.8) is 0 Å². The van der Waals surface area contributed by atoms with Crippen molar-refractivity contribution >= 4 is 35.5 Å². The van der Waals surface area contributed by atoms with Crippen LogP contribution in [0.4, 0.5) is 0 Å². The van der Waals surface area contributed by atoms with E-state index >= 15 is 0 Å². The quantitative estimate of drug-likeness (QED) is 0.219. The number of carbonyl (C=O) groups excluding carboxylic acids is 1. The molecule has 0 atom stereocenters. The Kier molecular flexibility index (Phi) is 7.22. The Morgan fingerprint density at radius 2 is 1.61 bits per heavy atom. The third-order valence-corrected chi connectivity index (χ3v) is 6.02. The van der Waals surface area contributed by atoms with E-state index in [9.17, 15) is 4.79 Å². The largest absolute Gasteiger partial charge is 0.272 e. The maximum atomic E-state index is 12.3. The van der Waals surface area contributed by atoms with Gasteiger partial charge in [0.05, 0.1) is 12.0 Å². The summed E-state index contributed by atoms with van der Waals surface area (Å²) in [6, 6.07) is 23.4. The standard InChI is InChI=1S/C25H22ClN5OS/c1-17-3-7-19(8-4-17)15-27-28-23(32)16-33-25-30-29-24(20-9-11-21(26)12-10-20)31(25)22-13-5-18(2)6-14-22/h3-15H,16H2,1-2H3,(H,28,32). The summed E-state index contributed by atoms with van der Waals surface area (Å²) in [4.78, 5) is 12.3. The molecular weight excluding hydrogens is 454 g/mol. The Balaban J connectivity index is 1.51. The van der Waals surface area contributed by atoms with Crippen molar-refractivity contribution in [2.24, 2.45) is 5.10 Å². The molecule has 0 aliphatic carbocycles. The van der Waals surface area contributed by atoms with E-state index in [0.717, 1.165) is 22.4 Å². The number of halogens is 1. The number of hydrogen-bond donors (Lipinski definition) is 1. The van der Waals surface area contributed by atoms with Gasteiger partial charge in [-0.2, -0.15) is 5.10 Å². The first-order valence-electron chi connectivity index (χ1n) is 10.3. The molecule has 0 radical (unpaired) electrons. The molecule has 0 aliphatic rings. The monoisotopic (exact) mass is 475 g/mol. The fourth-order valence-electron chi connectivity index (χ4n) is 3.07. The van der Waals surface area contributed by atoms with E-state index in [1.807, 2.05) is 91.2 Å². The summed E-state index contributed by atoms with van der Waals surface area (Å²) in [7, 11) is 0. The minimum atomic E-state index is -0.227. The minimum absolute atomic E-state index is 0.149. The Morgan fingerprint density at radius 1 is 0.970 bits per heavy atom. The molecule has 0 saturated carbocycles. The van der Waals surface area contributed by atoms with Crippen LogP contribution >= 0.6 is 23.4 Å². The van der Waals surface area contributed by atoms with Gasteiger partial charge < -0.3 is 0 Å². The molecule has 0 saturated heterocycles. The molecule has 1 aromatic heterocycles. The molecule has 0 fully saturated rings. The van der Waals surface area contributed by atoms with E-state index in [4.69, 9.17) is 11.6 Å². The van der Waals surface area contributed by atoms with Crippen molar-refractivity contribution in [1.82, 2.24) is 20.2 Å². The Labute approximate surface area is 201 Å².